The Morgan fingerprint density at radius 2 is 2.00 bits per heavy atom. The van der Waals surface area contributed by atoms with Crippen LogP contribution < -0.4 is 0 Å². The van der Waals surface area contributed by atoms with Crippen molar-refractivity contribution in [2.45, 2.75) is 25.9 Å². The number of hydrogen-bond acceptors (Lipinski definition) is 1. The van der Waals surface area contributed by atoms with Crippen molar-refractivity contribution in [3.8, 4) is 0 Å². The van der Waals surface area contributed by atoms with Crippen molar-refractivity contribution in [1.82, 2.24) is 4.90 Å². The van der Waals surface area contributed by atoms with E-state index < -0.39 is 0 Å². The minimum Gasteiger partial charge on any atom is -0.282 e. The summed E-state index contributed by atoms with van der Waals surface area (Å²) in [7, 11) is 0. The van der Waals surface area contributed by atoms with Gasteiger partial charge in [-0.15, -0.1) is 0 Å². The predicted octanol–water partition coefficient (Wildman–Crippen LogP) is 2.68. The van der Waals surface area contributed by atoms with Crippen LogP contribution in [0.3, 0.4) is 0 Å². The molecule has 2 heterocycles. The average molecular weight is 185 g/mol. The van der Waals surface area contributed by atoms with Crippen LogP contribution in [0, 0.1) is 6.92 Å². The molecule has 0 aromatic heterocycles. The van der Waals surface area contributed by atoms with Crippen LogP contribution in [0.2, 0.25) is 0 Å². The highest BCUT2D eigenvalue weighted by molar-refractivity contribution is 5.40. The Kier molecular flexibility index (Phi) is 1.59. The molecular formula is C13H15N. The van der Waals surface area contributed by atoms with Crippen LogP contribution in [-0.2, 0) is 0 Å². The molecule has 0 bridgehead atoms. The fraction of sp³-hybridized carbons (Fsp3) is 0.385. The fourth-order valence-electron chi connectivity index (χ4n) is 2.60. The average Bonchev–Trinajstić information content (AvgIpc) is 2.67. The predicted molar refractivity (Wildman–Crippen MR) is 58.2 cm³/mol. The van der Waals surface area contributed by atoms with E-state index in [9.17, 15) is 0 Å². The van der Waals surface area contributed by atoms with Crippen molar-refractivity contribution >= 4 is 0 Å². The molecule has 0 amide bonds. The molecule has 0 N–H and O–H groups in total. The van der Waals surface area contributed by atoms with Crippen LogP contribution in [0.4, 0.5) is 0 Å². The van der Waals surface area contributed by atoms with Crippen molar-refractivity contribution in [3.05, 3.63) is 47.0 Å². The quantitative estimate of drug-likeness (QED) is 0.480. The van der Waals surface area contributed by atoms with E-state index in [2.05, 4.69) is 49.1 Å². The largest absolute Gasteiger partial charge is 0.282 e. The van der Waals surface area contributed by atoms with E-state index in [4.69, 9.17) is 0 Å². The number of benzene rings is 1. The number of rotatable bonds is 1. The zero-order valence-electron chi connectivity index (χ0n) is 8.70. The third-order valence-corrected chi connectivity index (χ3v) is 3.37. The molecule has 1 saturated heterocycles. The van der Waals surface area contributed by atoms with Gasteiger partial charge in [-0.3, -0.25) is 4.90 Å². The van der Waals surface area contributed by atoms with Crippen molar-refractivity contribution < 1.29 is 0 Å². The minimum absolute atomic E-state index is 0.680. The van der Waals surface area contributed by atoms with Gasteiger partial charge in [0, 0.05) is 12.6 Å². The standard InChI is InChI=1S/C13H15N/c1-9-7-12-13(14(12)8-9)11-6-4-3-5-10(11)2/h3-7,12-13H,8H2,1-2H3/t12?,13?,14-/m0/s1. The van der Waals surface area contributed by atoms with E-state index in [1.807, 2.05) is 0 Å². The topological polar surface area (TPSA) is 3.01 Å². The van der Waals surface area contributed by atoms with Crippen LogP contribution in [0.15, 0.2) is 35.9 Å². The Labute approximate surface area is 85.0 Å². The summed E-state index contributed by atoms with van der Waals surface area (Å²) in [6.45, 7) is 5.60. The second kappa shape index (κ2) is 2.71. The van der Waals surface area contributed by atoms with Crippen molar-refractivity contribution in [2.24, 2.45) is 0 Å². The first kappa shape index (κ1) is 8.25. The van der Waals surface area contributed by atoms with Gasteiger partial charge in [0.15, 0.2) is 0 Å². The van der Waals surface area contributed by atoms with Gasteiger partial charge in [-0.1, -0.05) is 35.9 Å². The summed E-state index contributed by atoms with van der Waals surface area (Å²) in [4.78, 5) is 2.55. The summed E-state index contributed by atoms with van der Waals surface area (Å²) < 4.78 is 0. The zero-order chi connectivity index (χ0) is 9.71. The summed E-state index contributed by atoms with van der Waals surface area (Å²) >= 11 is 0. The highest BCUT2D eigenvalue weighted by atomic mass is 15.4. The van der Waals surface area contributed by atoms with Crippen LogP contribution >= 0.6 is 0 Å². The summed E-state index contributed by atoms with van der Waals surface area (Å²) in [5.74, 6) is 0. The first-order chi connectivity index (χ1) is 6.77. The van der Waals surface area contributed by atoms with Gasteiger partial charge < -0.3 is 0 Å². The molecule has 1 heteroatoms. The fourth-order valence-corrected chi connectivity index (χ4v) is 2.60. The Bertz CT molecular complexity index is 405. The molecule has 2 aliphatic heterocycles. The van der Waals surface area contributed by atoms with Gasteiger partial charge in [-0.25, -0.2) is 0 Å². The molecule has 2 aliphatic rings. The highest BCUT2D eigenvalue weighted by Crippen LogP contribution is 2.48. The van der Waals surface area contributed by atoms with E-state index in [0.29, 0.717) is 12.1 Å². The van der Waals surface area contributed by atoms with Gasteiger partial charge in [0.2, 0.25) is 0 Å². The molecule has 0 radical (unpaired) electrons. The minimum atomic E-state index is 0.680. The normalized spacial score (nSPS) is 33.9. The first-order valence-corrected chi connectivity index (χ1v) is 5.26. The van der Waals surface area contributed by atoms with Crippen LogP contribution in [-0.4, -0.2) is 17.5 Å². The lowest BCUT2D eigenvalue weighted by atomic mass is 10.0. The lowest BCUT2D eigenvalue weighted by molar-refractivity contribution is 0.560. The first-order valence-electron chi connectivity index (χ1n) is 5.26. The number of nitrogens with zero attached hydrogens (tertiary/aromatic N) is 1. The summed E-state index contributed by atoms with van der Waals surface area (Å²) in [5.41, 5.74) is 4.47. The Morgan fingerprint density at radius 1 is 1.21 bits per heavy atom. The maximum absolute atomic E-state index is 2.55. The third-order valence-electron chi connectivity index (χ3n) is 3.37. The van der Waals surface area contributed by atoms with Gasteiger partial charge >= 0.3 is 0 Å². The third kappa shape index (κ3) is 1.05. The van der Waals surface area contributed by atoms with Crippen LogP contribution in [0.25, 0.3) is 0 Å². The summed E-state index contributed by atoms with van der Waals surface area (Å²) in [6.07, 6.45) is 2.41. The monoisotopic (exact) mass is 185 g/mol. The SMILES string of the molecule is CC1=CC2C(c3ccccc3C)[N@@]2C1. The number of fused-ring (bicyclic) bond motifs is 1. The number of hydrogen-bond donors (Lipinski definition) is 0. The van der Waals surface area contributed by atoms with E-state index in [1.54, 1.807) is 0 Å². The second-order valence-corrected chi connectivity index (χ2v) is 4.48. The maximum atomic E-state index is 2.55. The van der Waals surface area contributed by atoms with Crippen molar-refractivity contribution in [1.29, 1.82) is 0 Å². The lowest BCUT2D eigenvalue weighted by Crippen LogP contribution is -2.00. The van der Waals surface area contributed by atoms with E-state index in [-0.39, 0.29) is 0 Å². The molecular weight excluding hydrogens is 170 g/mol. The van der Waals surface area contributed by atoms with Gasteiger partial charge in [0.1, 0.15) is 0 Å². The van der Waals surface area contributed by atoms with Crippen molar-refractivity contribution in [2.75, 3.05) is 6.54 Å². The second-order valence-electron chi connectivity index (χ2n) is 4.48. The van der Waals surface area contributed by atoms with Gasteiger partial charge in [0.05, 0.1) is 6.04 Å². The highest BCUT2D eigenvalue weighted by Gasteiger charge is 2.50. The molecule has 0 saturated carbocycles. The molecule has 72 valence electrons. The van der Waals surface area contributed by atoms with Gasteiger partial charge in [0.25, 0.3) is 0 Å². The Balaban J connectivity index is 1.91. The summed E-state index contributed by atoms with van der Waals surface area (Å²) in [5, 5.41) is 0. The van der Waals surface area contributed by atoms with Gasteiger partial charge in [-0.2, -0.15) is 0 Å². The molecule has 2 unspecified atom stereocenters. The molecule has 1 aromatic carbocycles. The molecule has 1 nitrogen and oxygen atoms in total. The molecule has 3 atom stereocenters. The smallest absolute Gasteiger partial charge is 0.0552 e. The molecule has 0 aliphatic carbocycles. The molecule has 0 spiro atoms. The zero-order valence-corrected chi connectivity index (χ0v) is 8.70. The molecule has 1 aromatic rings. The molecule has 14 heavy (non-hydrogen) atoms. The molecule has 3 rings (SSSR count). The Hall–Kier alpha value is -1.08. The Morgan fingerprint density at radius 3 is 2.64 bits per heavy atom. The van der Waals surface area contributed by atoms with E-state index in [1.165, 1.54) is 23.2 Å². The van der Waals surface area contributed by atoms with E-state index >= 15 is 0 Å². The van der Waals surface area contributed by atoms with Crippen LogP contribution in [0.1, 0.15) is 24.1 Å². The maximum Gasteiger partial charge on any atom is 0.0552 e. The summed E-state index contributed by atoms with van der Waals surface area (Å²) in [6, 6.07) is 10.1. The van der Waals surface area contributed by atoms with E-state index in [0.717, 1.165) is 0 Å². The lowest BCUT2D eigenvalue weighted by Gasteiger charge is -2.06. The number of aryl methyl sites for hydroxylation is 1. The van der Waals surface area contributed by atoms with Crippen LogP contribution in [0.5, 0.6) is 0 Å². The molecule has 1 fully saturated rings. The van der Waals surface area contributed by atoms with Gasteiger partial charge in [-0.05, 0) is 25.0 Å². The van der Waals surface area contributed by atoms with Crippen molar-refractivity contribution in [3.63, 3.8) is 0 Å².